The summed E-state index contributed by atoms with van der Waals surface area (Å²) in [6, 6.07) is 11.5. The third-order valence-electron chi connectivity index (χ3n) is 5.31. The third kappa shape index (κ3) is 6.42. The summed E-state index contributed by atoms with van der Waals surface area (Å²) in [6.07, 6.45) is 0. The lowest BCUT2D eigenvalue weighted by atomic mass is 10.1. The minimum absolute atomic E-state index is 0.193. The van der Waals surface area contributed by atoms with Crippen LogP contribution < -0.4 is 15.0 Å². The van der Waals surface area contributed by atoms with Crippen LogP contribution in [0.2, 0.25) is 0 Å². The van der Waals surface area contributed by atoms with E-state index in [2.05, 4.69) is 20.1 Å². The Hall–Kier alpha value is -2.72. The highest BCUT2D eigenvalue weighted by molar-refractivity contribution is 7.23. The van der Waals surface area contributed by atoms with E-state index in [1.165, 1.54) is 11.3 Å². The molecule has 0 fully saturated rings. The molecule has 1 heterocycles. The molecule has 3 aromatic rings. The second-order valence-corrected chi connectivity index (χ2v) is 8.78. The lowest BCUT2D eigenvalue weighted by molar-refractivity contribution is 0.102. The van der Waals surface area contributed by atoms with Crippen LogP contribution in [0.5, 0.6) is 5.75 Å². The highest BCUT2D eigenvalue weighted by atomic mass is 32.1. The van der Waals surface area contributed by atoms with E-state index in [1.807, 2.05) is 50.5 Å². The molecule has 0 saturated heterocycles. The van der Waals surface area contributed by atoms with E-state index in [-0.39, 0.29) is 5.91 Å². The van der Waals surface area contributed by atoms with E-state index >= 15 is 0 Å². The maximum absolute atomic E-state index is 12.9. The van der Waals surface area contributed by atoms with Crippen LogP contribution in [0.25, 0.3) is 10.2 Å². The molecule has 0 radical (unpaired) electrons. The summed E-state index contributed by atoms with van der Waals surface area (Å²) in [7, 11) is 9.05. The SMILES string of the molecule is COCCN(C)Cc1ccc(C(=O)Nc2nc3c(OC)ccc(N(C)CCOC)c3s2)cc1. The Kier molecular flexibility index (Phi) is 9.02. The zero-order valence-electron chi connectivity index (χ0n) is 19.9. The van der Waals surface area contributed by atoms with Gasteiger partial charge in [0.25, 0.3) is 5.91 Å². The molecular weight excluding hydrogens is 440 g/mol. The number of methoxy groups -OCH3 is 3. The van der Waals surface area contributed by atoms with Crippen LogP contribution in [0.1, 0.15) is 15.9 Å². The van der Waals surface area contributed by atoms with Crippen molar-refractivity contribution in [2.75, 3.05) is 71.9 Å². The van der Waals surface area contributed by atoms with Gasteiger partial charge in [0.2, 0.25) is 0 Å². The van der Waals surface area contributed by atoms with Crippen LogP contribution in [-0.4, -0.2) is 77.5 Å². The number of nitrogens with zero attached hydrogens (tertiary/aromatic N) is 3. The molecule has 178 valence electrons. The van der Waals surface area contributed by atoms with Crippen molar-refractivity contribution in [2.24, 2.45) is 0 Å². The molecule has 3 rings (SSSR count). The van der Waals surface area contributed by atoms with Crippen molar-refractivity contribution in [3.8, 4) is 5.75 Å². The maximum atomic E-state index is 12.9. The highest BCUT2D eigenvalue weighted by Gasteiger charge is 2.17. The number of carbonyl (C=O) groups excluding carboxylic acids is 1. The smallest absolute Gasteiger partial charge is 0.257 e. The molecule has 1 N–H and O–H groups in total. The van der Waals surface area contributed by atoms with Gasteiger partial charge in [-0.05, 0) is 36.9 Å². The molecule has 0 aliphatic carbocycles. The minimum atomic E-state index is -0.193. The van der Waals surface area contributed by atoms with Crippen LogP contribution in [0, 0.1) is 0 Å². The monoisotopic (exact) mass is 472 g/mol. The minimum Gasteiger partial charge on any atom is -0.494 e. The van der Waals surface area contributed by atoms with Crippen molar-refractivity contribution < 1.29 is 19.0 Å². The number of hydrogen-bond donors (Lipinski definition) is 1. The van der Waals surface area contributed by atoms with E-state index in [0.717, 1.165) is 41.1 Å². The summed E-state index contributed by atoms with van der Waals surface area (Å²) in [5, 5.41) is 3.47. The first kappa shape index (κ1) is 24.9. The number of hydrogen-bond acceptors (Lipinski definition) is 8. The Morgan fingerprint density at radius 1 is 1.00 bits per heavy atom. The van der Waals surface area contributed by atoms with Gasteiger partial charge >= 0.3 is 0 Å². The lowest BCUT2D eigenvalue weighted by Crippen LogP contribution is -2.22. The molecule has 0 saturated carbocycles. The number of anilines is 2. The van der Waals surface area contributed by atoms with Gasteiger partial charge in [0.1, 0.15) is 11.3 Å². The van der Waals surface area contributed by atoms with Crippen molar-refractivity contribution in [1.29, 1.82) is 0 Å². The second-order valence-electron chi connectivity index (χ2n) is 7.78. The van der Waals surface area contributed by atoms with Crippen molar-refractivity contribution in [2.45, 2.75) is 6.54 Å². The average molecular weight is 473 g/mol. The quantitative estimate of drug-likeness (QED) is 0.431. The first-order valence-electron chi connectivity index (χ1n) is 10.7. The van der Waals surface area contributed by atoms with Gasteiger partial charge in [-0.15, -0.1) is 0 Å². The van der Waals surface area contributed by atoms with E-state index in [9.17, 15) is 4.79 Å². The molecule has 1 amide bonds. The number of likely N-dealkylation sites (N-methyl/N-ethyl adjacent to an activating group) is 2. The van der Waals surface area contributed by atoms with E-state index in [1.54, 1.807) is 21.3 Å². The van der Waals surface area contributed by atoms with Gasteiger partial charge in [0.15, 0.2) is 5.13 Å². The van der Waals surface area contributed by atoms with Crippen LogP contribution in [-0.2, 0) is 16.0 Å². The van der Waals surface area contributed by atoms with Gasteiger partial charge in [-0.1, -0.05) is 23.5 Å². The average Bonchev–Trinajstić information content (AvgIpc) is 3.24. The number of nitrogens with one attached hydrogen (secondary N) is 1. The number of amides is 1. The summed E-state index contributed by atoms with van der Waals surface area (Å²) in [5.41, 5.74) is 3.47. The number of aromatic nitrogens is 1. The fourth-order valence-electron chi connectivity index (χ4n) is 3.41. The molecule has 0 unspecified atom stereocenters. The van der Waals surface area contributed by atoms with Crippen molar-refractivity contribution in [1.82, 2.24) is 9.88 Å². The molecule has 0 aliphatic heterocycles. The molecule has 33 heavy (non-hydrogen) atoms. The second kappa shape index (κ2) is 11.9. The summed E-state index contributed by atoms with van der Waals surface area (Å²) >= 11 is 1.43. The summed E-state index contributed by atoms with van der Waals surface area (Å²) in [4.78, 5) is 21.8. The zero-order valence-corrected chi connectivity index (χ0v) is 20.7. The maximum Gasteiger partial charge on any atom is 0.257 e. The predicted octanol–water partition coefficient (Wildman–Crippen LogP) is 3.72. The molecular formula is C24H32N4O4S. The number of thiazole rings is 1. The van der Waals surface area contributed by atoms with Crippen LogP contribution >= 0.6 is 11.3 Å². The fraction of sp³-hybridized carbons (Fsp3) is 0.417. The van der Waals surface area contributed by atoms with Gasteiger partial charge in [0.05, 0.1) is 30.7 Å². The number of carbonyl (C=O) groups is 1. The highest BCUT2D eigenvalue weighted by Crippen LogP contribution is 2.39. The van der Waals surface area contributed by atoms with Gasteiger partial charge in [-0.2, -0.15) is 0 Å². The van der Waals surface area contributed by atoms with Crippen LogP contribution in [0.3, 0.4) is 0 Å². The standard InChI is InChI=1S/C24H32N4O4S/c1-27(12-14-30-3)16-17-6-8-18(9-7-17)23(29)26-24-25-21-20(32-5)11-10-19(22(21)33-24)28(2)13-15-31-4/h6-11H,12-16H2,1-5H3,(H,25,26,29). The Morgan fingerprint density at radius 3 is 2.36 bits per heavy atom. The predicted molar refractivity (Wildman–Crippen MR) is 134 cm³/mol. The van der Waals surface area contributed by atoms with Crippen LogP contribution in [0.4, 0.5) is 10.8 Å². The number of rotatable bonds is 12. The Morgan fingerprint density at radius 2 is 1.70 bits per heavy atom. The first-order chi connectivity index (χ1) is 16.0. The van der Waals surface area contributed by atoms with Crippen LogP contribution in [0.15, 0.2) is 36.4 Å². The van der Waals surface area contributed by atoms with Gasteiger partial charge in [-0.3, -0.25) is 15.0 Å². The topological polar surface area (TPSA) is 76.2 Å². The summed E-state index contributed by atoms with van der Waals surface area (Å²) in [6.45, 7) is 3.69. The Labute approximate surface area is 199 Å². The summed E-state index contributed by atoms with van der Waals surface area (Å²) in [5.74, 6) is 0.481. The van der Waals surface area contributed by atoms with Crippen molar-refractivity contribution >= 4 is 38.3 Å². The molecule has 9 heteroatoms. The van der Waals surface area contributed by atoms with E-state index in [0.29, 0.717) is 29.7 Å². The zero-order chi connectivity index (χ0) is 23.8. The molecule has 8 nitrogen and oxygen atoms in total. The Bertz CT molecular complexity index is 1050. The molecule has 1 aromatic heterocycles. The number of benzene rings is 2. The van der Waals surface area contributed by atoms with Crippen molar-refractivity contribution in [3.63, 3.8) is 0 Å². The third-order valence-corrected chi connectivity index (χ3v) is 6.31. The number of ether oxygens (including phenoxy) is 3. The lowest BCUT2D eigenvalue weighted by Gasteiger charge is -2.19. The largest absolute Gasteiger partial charge is 0.494 e. The van der Waals surface area contributed by atoms with Gasteiger partial charge in [0, 0.05) is 46.5 Å². The van der Waals surface area contributed by atoms with Crippen molar-refractivity contribution in [3.05, 3.63) is 47.5 Å². The Balaban J connectivity index is 1.75. The molecule has 2 aromatic carbocycles. The first-order valence-corrected chi connectivity index (χ1v) is 11.5. The normalized spacial score (nSPS) is 11.2. The van der Waals surface area contributed by atoms with Gasteiger partial charge in [-0.25, -0.2) is 4.98 Å². The van der Waals surface area contributed by atoms with Gasteiger partial charge < -0.3 is 19.1 Å². The fourth-order valence-corrected chi connectivity index (χ4v) is 4.45. The molecule has 0 spiro atoms. The van der Waals surface area contributed by atoms with E-state index in [4.69, 9.17) is 14.2 Å². The number of fused-ring (bicyclic) bond motifs is 1. The van der Waals surface area contributed by atoms with E-state index < -0.39 is 0 Å². The molecule has 0 bridgehead atoms. The molecule has 0 atom stereocenters. The summed E-state index contributed by atoms with van der Waals surface area (Å²) < 4.78 is 16.8. The molecule has 0 aliphatic rings.